The van der Waals surface area contributed by atoms with Gasteiger partial charge in [0.1, 0.15) is 0 Å². The maximum atomic E-state index is 11.7. The van der Waals surface area contributed by atoms with E-state index in [0.717, 1.165) is 37.7 Å². The van der Waals surface area contributed by atoms with Gasteiger partial charge in [0.05, 0.1) is 27.0 Å². The molecule has 1 aromatic rings. The van der Waals surface area contributed by atoms with E-state index < -0.39 is 5.97 Å². The third-order valence-corrected chi connectivity index (χ3v) is 6.84. The van der Waals surface area contributed by atoms with Gasteiger partial charge in [-0.2, -0.15) is 0 Å². The second-order valence-corrected chi connectivity index (χ2v) is 8.66. The first-order valence-corrected chi connectivity index (χ1v) is 11.7. The molecule has 0 bridgehead atoms. The highest BCUT2D eigenvalue weighted by Crippen LogP contribution is 2.29. The topological polar surface area (TPSA) is 68.5 Å². The molecule has 0 aromatic heterocycles. The summed E-state index contributed by atoms with van der Waals surface area (Å²) in [7, 11) is 0. The van der Waals surface area contributed by atoms with Crippen molar-refractivity contribution < 1.29 is 9.90 Å². The van der Waals surface area contributed by atoms with Crippen molar-refractivity contribution in [2.45, 2.75) is 13.8 Å². The van der Waals surface area contributed by atoms with Crippen molar-refractivity contribution in [2.24, 2.45) is 9.98 Å². The van der Waals surface area contributed by atoms with Crippen LogP contribution in [0.5, 0.6) is 0 Å². The zero-order chi connectivity index (χ0) is 20.6. The predicted molar refractivity (Wildman–Crippen MR) is 125 cm³/mol. The molecule has 29 heavy (non-hydrogen) atoms. The number of nitrogens with zero attached hydrogens (tertiary/aromatic N) is 4. The van der Waals surface area contributed by atoms with Gasteiger partial charge in [0.2, 0.25) is 0 Å². The van der Waals surface area contributed by atoms with Crippen LogP contribution in [0.25, 0.3) is 0 Å². The Labute approximate surface area is 180 Å². The molecule has 2 aliphatic heterocycles. The molecule has 3 rings (SSSR count). The number of carbonyl (C=O) groups is 1. The minimum atomic E-state index is -1.01. The second kappa shape index (κ2) is 10.5. The third-order valence-electron chi connectivity index (χ3n) is 4.69. The molecule has 2 heterocycles. The first-order valence-electron chi connectivity index (χ1n) is 9.74. The first-order chi connectivity index (χ1) is 14.1. The molecular formula is C21H26N4O2S2. The molecule has 0 atom stereocenters. The van der Waals surface area contributed by atoms with Crippen LogP contribution in [-0.2, 0) is 0 Å². The number of hydrogen-bond donors (Lipinski definition) is 1. The number of benzene rings is 1. The molecule has 0 aliphatic carbocycles. The molecule has 8 heteroatoms. The lowest BCUT2D eigenvalue weighted by Crippen LogP contribution is -2.17. The van der Waals surface area contributed by atoms with Crippen molar-refractivity contribution in [3.05, 3.63) is 46.0 Å². The minimum absolute atomic E-state index is 0.152. The van der Waals surface area contributed by atoms with Crippen LogP contribution in [0.15, 0.2) is 50.4 Å². The minimum Gasteiger partial charge on any atom is -0.478 e. The van der Waals surface area contributed by atoms with E-state index in [-0.39, 0.29) is 5.56 Å². The van der Waals surface area contributed by atoms with Crippen LogP contribution in [0.3, 0.4) is 0 Å². The Bertz CT molecular complexity index is 864. The van der Waals surface area contributed by atoms with Gasteiger partial charge in [0.25, 0.3) is 0 Å². The van der Waals surface area contributed by atoms with Crippen LogP contribution in [0.4, 0.5) is 11.4 Å². The van der Waals surface area contributed by atoms with Crippen molar-refractivity contribution in [1.82, 2.24) is 9.80 Å². The summed E-state index contributed by atoms with van der Waals surface area (Å²) in [4.78, 5) is 25.0. The Kier molecular flexibility index (Phi) is 7.83. The molecule has 6 nitrogen and oxygen atoms in total. The Morgan fingerprint density at radius 1 is 1.03 bits per heavy atom. The molecule has 0 radical (unpaired) electrons. The normalized spacial score (nSPS) is 20.2. The third kappa shape index (κ3) is 5.67. The van der Waals surface area contributed by atoms with Crippen molar-refractivity contribution >= 4 is 53.3 Å². The monoisotopic (exact) mass is 430 g/mol. The van der Waals surface area contributed by atoms with Gasteiger partial charge in [-0.05, 0) is 44.2 Å². The largest absolute Gasteiger partial charge is 0.478 e. The van der Waals surface area contributed by atoms with Crippen molar-refractivity contribution in [3.8, 4) is 0 Å². The quantitative estimate of drug-likeness (QED) is 0.637. The van der Waals surface area contributed by atoms with Crippen LogP contribution in [0.2, 0.25) is 0 Å². The average molecular weight is 431 g/mol. The number of carboxylic acid groups (broad SMARTS) is 1. The van der Waals surface area contributed by atoms with Crippen LogP contribution < -0.4 is 0 Å². The summed E-state index contributed by atoms with van der Waals surface area (Å²) in [6.45, 7) is 8.30. The van der Waals surface area contributed by atoms with E-state index in [1.807, 2.05) is 23.9 Å². The second-order valence-electron chi connectivity index (χ2n) is 6.43. The average Bonchev–Trinajstić information content (AvgIpc) is 3.37. The fraction of sp³-hybridized carbons (Fsp3) is 0.381. The van der Waals surface area contributed by atoms with E-state index in [4.69, 9.17) is 0 Å². The zero-order valence-corrected chi connectivity index (χ0v) is 18.4. The molecule has 0 spiro atoms. The van der Waals surface area contributed by atoms with E-state index in [0.29, 0.717) is 11.4 Å². The summed E-state index contributed by atoms with van der Waals surface area (Å²) in [5.41, 5.74) is 1.19. The van der Waals surface area contributed by atoms with Crippen LogP contribution >= 0.6 is 23.5 Å². The summed E-state index contributed by atoms with van der Waals surface area (Å²) in [6.07, 6.45) is 7.35. The highest BCUT2D eigenvalue weighted by atomic mass is 32.2. The SMILES string of the molecule is CCN1CCSC1=CC=Nc1ccc(N=CC=C2SCCN2CC)c(C(=O)O)c1. The van der Waals surface area contributed by atoms with E-state index in [1.54, 1.807) is 42.4 Å². The smallest absolute Gasteiger partial charge is 0.337 e. The van der Waals surface area contributed by atoms with Crippen LogP contribution in [0.1, 0.15) is 24.2 Å². The van der Waals surface area contributed by atoms with E-state index in [9.17, 15) is 9.90 Å². The molecule has 1 N–H and O–H groups in total. The van der Waals surface area contributed by atoms with Gasteiger partial charge < -0.3 is 14.9 Å². The number of thioether (sulfide) groups is 2. The maximum Gasteiger partial charge on any atom is 0.337 e. The highest BCUT2D eigenvalue weighted by Gasteiger charge is 2.15. The van der Waals surface area contributed by atoms with E-state index >= 15 is 0 Å². The van der Waals surface area contributed by atoms with Gasteiger partial charge in [0.15, 0.2) is 0 Å². The lowest BCUT2D eigenvalue weighted by molar-refractivity contribution is 0.0698. The van der Waals surface area contributed by atoms with Gasteiger partial charge in [0, 0.05) is 50.1 Å². The first kappa shape index (κ1) is 21.5. The zero-order valence-electron chi connectivity index (χ0n) is 16.7. The molecular weight excluding hydrogens is 404 g/mol. The fourth-order valence-electron chi connectivity index (χ4n) is 3.12. The summed E-state index contributed by atoms with van der Waals surface area (Å²) in [6, 6.07) is 5.07. The molecule has 0 unspecified atom stereocenters. The highest BCUT2D eigenvalue weighted by molar-refractivity contribution is 8.03. The van der Waals surface area contributed by atoms with Crippen molar-refractivity contribution in [2.75, 3.05) is 37.7 Å². The number of hydrogen-bond acceptors (Lipinski definition) is 7. The molecule has 2 fully saturated rings. The van der Waals surface area contributed by atoms with Gasteiger partial charge in [-0.15, -0.1) is 23.5 Å². The molecule has 0 amide bonds. The summed E-state index contributed by atoms with van der Waals surface area (Å²) in [5.74, 6) is 1.16. The molecule has 0 saturated carbocycles. The lowest BCUT2D eigenvalue weighted by Gasteiger charge is -2.14. The predicted octanol–water partition coefficient (Wildman–Crippen LogP) is 4.61. The number of aliphatic imine (C=N–C) groups is 2. The fourth-order valence-corrected chi connectivity index (χ4v) is 5.28. The van der Waals surface area contributed by atoms with Crippen molar-refractivity contribution in [3.63, 3.8) is 0 Å². The molecule has 154 valence electrons. The van der Waals surface area contributed by atoms with Gasteiger partial charge in [-0.3, -0.25) is 9.98 Å². The van der Waals surface area contributed by atoms with Crippen molar-refractivity contribution in [1.29, 1.82) is 0 Å². The molecule has 2 aliphatic rings. The Morgan fingerprint density at radius 3 is 2.17 bits per heavy atom. The molecule has 1 aromatic carbocycles. The summed E-state index contributed by atoms with van der Waals surface area (Å²) in [5, 5.41) is 11.9. The Morgan fingerprint density at radius 2 is 1.62 bits per heavy atom. The number of aromatic carboxylic acids is 1. The molecule has 2 saturated heterocycles. The standard InChI is InChI=1S/C21H26N4O2S2/c1-3-24-11-13-28-19(24)7-9-22-16-5-6-18(17(15-16)21(26)27)23-10-8-20-25(4-2)12-14-29-20/h5-10,15H,3-4,11-14H2,1-2H3,(H,26,27). The Hall–Kier alpha value is -2.19. The number of rotatable bonds is 7. The summed E-state index contributed by atoms with van der Waals surface area (Å²) < 4.78 is 0. The van der Waals surface area contributed by atoms with Gasteiger partial charge >= 0.3 is 5.97 Å². The van der Waals surface area contributed by atoms with Crippen LogP contribution in [-0.4, -0.2) is 71.0 Å². The van der Waals surface area contributed by atoms with E-state index in [2.05, 4.69) is 33.6 Å². The van der Waals surface area contributed by atoms with Crippen LogP contribution in [0, 0.1) is 0 Å². The maximum absolute atomic E-state index is 11.7. The van der Waals surface area contributed by atoms with Gasteiger partial charge in [-0.25, -0.2) is 4.79 Å². The number of carboxylic acids is 1. The number of allylic oxidation sites excluding steroid dienone is 2. The van der Waals surface area contributed by atoms with E-state index in [1.165, 1.54) is 10.1 Å². The lowest BCUT2D eigenvalue weighted by atomic mass is 10.1. The van der Waals surface area contributed by atoms with Gasteiger partial charge in [-0.1, -0.05) is 0 Å². The summed E-state index contributed by atoms with van der Waals surface area (Å²) >= 11 is 3.61. The Balaban J connectivity index is 1.74.